The SMILES string of the molecule is COCCOc1nccc(C=O)c1OCC1CCCCC1c1cccnc1Cl. The molecule has 0 aliphatic heterocycles. The topological polar surface area (TPSA) is 70.5 Å². The van der Waals surface area contributed by atoms with Gasteiger partial charge < -0.3 is 14.2 Å². The summed E-state index contributed by atoms with van der Waals surface area (Å²) in [6.07, 6.45) is 8.39. The van der Waals surface area contributed by atoms with Gasteiger partial charge in [0.15, 0.2) is 12.0 Å². The average molecular weight is 405 g/mol. The highest BCUT2D eigenvalue weighted by atomic mass is 35.5. The van der Waals surface area contributed by atoms with Crippen LogP contribution in [0.15, 0.2) is 30.6 Å². The number of hydrogen-bond donors (Lipinski definition) is 0. The molecule has 1 fully saturated rings. The van der Waals surface area contributed by atoms with Gasteiger partial charge in [-0.1, -0.05) is 30.5 Å². The lowest BCUT2D eigenvalue weighted by molar-refractivity contribution is 0.111. The zero-order valence-electron chi connectivity index (χ0n) is 16.0. The van der Waals surface area contributed by atoms with Crippen LogP contribution < -0.4 is 9.47 Å². The summed E-state index contributed by atoms with van der Waals surface area (Å²) in [6, 6.07) is 5.58. The van der Waals surface area contributed by atoms with Gasteiger partial charge in [0, 0.05) is 19.5 Å². The summed E-state index contributed by atoms with van der Waals surface area (Å²) in [5, 5.41) is 0.554. The van der Waals surface area contributed by atoms with E-state index in [1.165, 1.54) is 6.20 Å². The van der Waals surface area contributed by atoms with Crippen LogP contribution in [0.5, 0.6) is 11.6 Å². The molecule has 28 heavy (non-hydrogen) atoms. The summed E-state index contributed by atoms with van der Waals surface area (Å²) in [5.41, 5.74) is 1.49. The quantitative estimate of drug-likeness (QED) is 0.352. The molecular weight excluding hydrogens is 380 g/mol. The minimum atomic E-state index is 0.280. The van der Waals surface area contributed by atoms with Crippen molar-refractivity contribution in [2.24, 2.45) is 5.92 Å². The molecule has 1 aliphatic carbocycles. The number of carbonyl (C=O) groups excluding carboxylic acids is 1. The van der Waals surface area contributed by atoms with Crippen molar-refractivity contribution < 1.29 is 19.0 Å². The molecule has 3 rings (SSSR count). The fraction of sp³-hybridized carbons (Fsp3) is 0.476. The van der Waals surface area contributed by atoms with Crippen molar-refractivity contribution >= 4 is 17.9 Å². The Kier molecular flexibility index (Phi) is 7.62. The normalized spacial score (nSPS) is 19.2. The Balaban J connectivity index is 1.76. The fourth-order valence-corrected chi connectivity index (χ4v) is 3.95. The fourth-order valence-electron chi connectivity index (χ4n) is 3.69. The van der Waals surface area contributed by atoms with Crippen molar-refractivity contribution in [3.05, 3.63) is 46.9 Å². The lowest BCUT2D eigenvalue weighted by Gasteiger charge is -2.32. The Morgan fingerprint density at radius 2 is 2.00 bits per heavy atom. The summed E-state index contributed by atoms with van der Waals surface area (Å²) in [7, 11) is 1.60. The van der Waals surface area contributed by atoms with Crippen LogP contribution in [0.4, 0.5) is 0 Å². The Labute approximate surface area is 170 Å². The van der Waals surface area contributed by atoms with Gasteiger partial charge in [-0.05, 0) is 42.4 Å². The van der Waals surface area contributed by atoms with Crippen LogP contribution in [0.2, 0.25) is 5.15 Å². The summed E-state index contributed by atoms with van der Waals surface area (Å²) in [5.74, 6) is 1.26. The van der Waals surface area contributed by atoms with E-state index in [1.54, 1.807) is 19.4 Å². The third-order valence-corrected chi connectivity index (χ3v) is 5.41. The predicted molar refractivity (Wildman–Crippen MR) is 106 cm³/mol. The Hall–Kier alpha value is -2.18. The minimum absolute atomic E-state index is 0.280. The highest BCUT2D eigenvalue weighted by Crippen LogP contribution is 2.40. The van der Waals surface area contributed by atoms with Gasteiger partial charge in [0.1, 0.15) is 11.8 Å². The second-order valence-electron chi connectivity index (χ2n) is 6.84. The molecule has 2 atom stereocenters. The predicted octanol–water partition coefficient (Wildman–Crippen LogP) is 4.32. The first-order valence-corrected chi connectivity index (χ1v) is 9.91. The van der Waals surface area contributed by atoms with Crippen molar-refractivity contribution in [2.45, 2.75) is 31.6 Å². The molecule has 0 bridgehead atoms. The maximum absolute atomic E-state index is 11.5. The van der Waals surface area contributed by atoms with Gasteiger partial charge >= 0.3 is 0 Å². The van der Waals surface area contributed by atoms with Crippen LogP contribution in [0.1, 0.15) is 47.5 Å². The first-order chi connectivity index (χ1) is 13.7. The van der Waals surface area contributed by atoms with Gasteiger partial charge in [0.25, 0.3) is 5.88 Å². The number of rotatable bonds is 9. The summed E-state index contributed by atoms with van der Waals surface area (Å²) in [4.78, 5) is 19.9. The first kappa shape index (κ1) is 20.6. The van der Waals surface area contributed by atoms with E-state index in [-0.39, 0.29) is 11.8 Å². The molecule has 0 aromatic carbocycles. The highest BCUT2D eigenvalue weighted by Gasteiger charge is 2.29. The van der Waals surface area contributed by atoms with E-state index in [1.807, 2.05) is 12.1 Å². The van der Waals surface area contributed by atoms with Crippen molar-refractivity contribution in [1.29, 1.82) is 0 Å². The van der Waals surface area contributed by atoms with Crippen LogP contribution >= 0.6 is 11.6 Å². The number of halogens is 1. The molecule has 2 unspecified atom stereocenters. The van der Waals surface area contributed by atoms with Crippen molar-refractivity contribution in [2.75, 3.05) is 26.9 Å². The average Bonchev–Trinajstić information content (AvgIpc) is 2.73. The van der Waals surface area contributed by atoms with E-state index >= 15 is 0 Å². The third-order valence-electron chi connectivity index (χ3n) is 5.09. The lowest BCUT2D eigenvalue weighted by atomic mass is 9.76. The highest BCUT2D eigenvalue weighted by molar-refractivity contribution is 6.30. The molecule has 6 nitrogen and oxygen atoms in total. The maximum atomic E-state index is 11.5. The zero-order valence-corrected chi connectivity index (χ0v) is 16.7. The number of aromatic nitrogens is 2. The van der Waals surface area contributed by atoms with Crippen LogP contribution in [-0.4, -0.2) is 43.2 Å². The monoisotopic (exact) mass is 404 g/mol. The van der Waals surface area contributed by atoms with Gasteiger partial charge in [-0.25, -0.2) is 9.97 Å². The number of ether oxygens (including phenoxy) is 3. The van der Waals surface area contributed by atoms with Gasteiger partial charge in [-0.2, -0.15) is 0 Å². The minimum Gasteiger partial charge on any atom is -0.487 e. The number of aldehydes is 1. The van der Waals surface area contributed by atoms with Crippen LogP contribution in [0.3, 0.4) is 0 Å². The van der Waals surface area contributed by atoms with Gasteiger partial charge in [0.2, 0.25) is 0 Å². The molecule has 0 N–H and O–H groups in total. The van der Waals surface area contributed by atoms with E-state index < -0.39 is 0 Å². The van der Waals surface area contributed by atoms with Gasteiger partial charge in [0.05, 0.1) is 18.8 Å². The summed E-state index contributed by atoms with van der Waals surface area (Å²) < 4.78 is 16.7. The second kappa shape index (κ2) is 10.4. The van der Waals surface area contributed by atoms with Crippen molar-refractivity contribution in [3.63, 3.8) is 0 Å². The van der Waals surface area contributed by atoms with Crippen LogP contribution in [0, 0.1) is 5.92 Å². The number of pyridine rings is 2. The van der Waals surface area contributed by atoms with E-state index in [2.05, 4.69) is 9.97 Å². The molecule has 0 saturated heterocycles. The van der Waals surface area contributed by atoms with Gasteiger partial charge in [-0.15, -0.1) is 0 Å². The first-order valence-electron chi connectivity index (χ1n) is 9.53. The van der Waals surface area contributed by atoms with E-state index in [0.717, 1.165) is 37.5 Å². The molecule has 7 heteroatoms. The standard InChI is InChI=1S/C21H25ClN2O4/c1-26-11-12-27-21-19(15(13-25)8-10-24-21)28-14-16-5-2-3-6-17(16)18-7-4-9-23-20(18)22/h4,7-10,13,16-17H,2-3,5-6,11-12,14H2,1H3. The molecule has 2 heterocycles. The Bertz CT molecular complexity index is 787. The largest absolute Gasteiger partial charge is 0.487 e. The van der Waals surface area contributed by atoms with E-state index in [0.29, 0.717) is 42.2 Å². The van der Waals surface area contributed by atoms with E-state index in [4.69, 9.17) is 25.8 Å². The Morgan fingerprint density at radius 3 is 2.79 bits per heavy atom. The molecule has 1 saturated carbocycles. The molecule has 0 spiro atoms. The molecule has 0 amide bonds. The molecule has 2 aromatic rings. The second-order valence-corrected chi connectivity index (χ2v) is 7.20. The smallest absolute Gasteiger partial charge is 0.257 e. The summed E-state index contributed by atoms with van der Waals surface area (Å²) >= 11 is 6.34. The number of hydrogen-bond acceptors (Lipinski definition) is 6. The number of nitrogens with zero attached hydrogens (tertiary/aromatic N) is 2. The third kappa shape index (κ3) is 5.00. The molecule has 150 valence electrons. The molecule has 2 aromatic heterocycles. The summed E-state index contributed by atoms with van der Waals surface area (Å²) in [6.45, 7) is 1.22. The van der Waals surface area contributed by atoms with E-state index in [9.17, 15) is 4.79 Å². The maximum Gasteiger partial charge on any atom is 0.257 e. The Morgan fingerprint density at radius 1 is 1.14 bits per heavy atom. The number of carbonyl (C=O) groups is 1. The lowest BCUT2D eigenvalue weighted by Crippen LogP contribution is -2.25. The molecule has 1 aliphatic rings. The zero-order chi connectivity index (χ0) is 19.8. The van der Waals surface area contributed by atoms with Crippen LogP contribution in [0.25, 0.3) is 0 Å². The van der Waals surface area contributed by atoms with Crippen molar-refractivity contribution in [1.82, 2.24) is 9.97 Å². The number of methoxy groups -OCH3 is 1. The molecule has 0 radical (unpaired) electrons. The van der Waals surface area contributed by atoms with Crippen molar-refractivity contribution in [3.8, 4) is 11.6 Å². The molecular formula is C21H25ClN2O4. The van der Waals surface area contributed by atoms with Gasteiger partial charge in [-0.3, -0.25) is 4.79 Å². The van der Waals surface area contributed by atoms with Crippen LogP contribution in [-0.2, 0) is 4.74 Å².